The molecule has 0 spiro atoms. The Morgan fingerprint density at radius 2 is 2.21 bits per heavy atom. The van der Waals surface area contributed by atoms with E-state index < -0.39 is 6.10 Å². The van der Waals surface area contributed by atoms with Crippen molar-refractivity contribution in [2.24, 2.45) is 0 Å². The quantitative estimate of drug-likeness (QED) is 0.865. The van der Waals surface area contributed by atoms with Gasteiger partial charge >= 0.3 is 0 Å². The van der Waals surface area contributed by atoms with E-state index in [2.05, 4.69) is 17.0 Å². The molecule has 0 aromatic carbocycles. The second-order valence-corrected chi connectivity index (χ2v) is 4.27. The third-order valence-electron chi connectivity index (χ3n) is 2.83. The van der Waals surface area contributed by atoms with Gasteiger partial charge in [0.05, 0.1) is 18.5 Å². The molecule has 0 amide bonds. The number of aromatic nitrogens is 3. The number of aliphatic hydroxyl groups excluding tert-OH is 1. The molecule has 0 aliphatic carbocycles. The summed E-state index contributed by atoms with van der Waals surface area (Å²) in [7, 11) is 0. The lowest BCUT2D eigenvalue weighted by Gasteiger charge is -2.14. The molecule has 0 aliphatic rings. The SMILES string of the molecule is CCCn1nccc1C(O)c1cncc(OCC)c1. The van der Waals surface area contributed by atoms with Gasteiger partial charge in [-0.05, 0) is 25.5 Å². The van der Waals surface area contributed by atoms with Crippen LogP contribution in [0.2, 0.25) is 0 Å². The largest absolute Gasteiger partial charge is 0.492 e. The fourth-order valence-electron chi connectivity index (χ4n) is 1.98. The van der Waals surface area contributed by atoms with Gasteiger partial charge in [0.25, 0.3) is 0 Å². The van der Waals surface area contributed by atoms with E-state index in [-0.39, 0.29) is 0 Å². The molecule has 0 bridgehead atoms. The first-order valence-electron chi connectivity index (χ1n) is 6.53. The lowest BCUT2D eigenvalue weighted by Crippen LogP contribution is -2.10. The Hall–Kier alpha value is -1.88. The van der Waals surface area contributed by atoms with Gasteiger partial charge in [-0.25, -0.2) is 0 Å². The number of hydrogen-bond acceptors (Lipinski definition) is 4. The molecule has 0 saturated carbocycles. The summed E-state index contributed by atoms with van der Waals surface area (Å²) in [6, 6.07) is 3.64. The summed E-state index contributed by atoms with van der Waals surface area (Å²) in [6.45, 7) is 5.36. The Kier molecular flexibility index (Phi) is 4.52. The van der Waals surface area contributed by atoms with E-state index in [0.717, 1.165) is 18.7 Å². The summed E-state index contributed by atoms with van der Waals surface area (Å²) >= 11 is 0. The van der Waals surface area contributed by atoms with E-state index in [4.69, 9.17) is 4.74 Å². The summed E-state index contributed by atoms with van der Waals surface area (Å²) in [5.41, 5.74) is 1.49. The van der Waals surface area contributed by atoms with Crippen LogP contribution < -0.4 is 4.74 Å². The first-order valence-corrected chi connectivity index (χ1v) is 6.53. The van der Waals surface area contributed by atoms with Gasteiger partial charge in [0.1, 0.15) is 11.9 Å². The molecule has 5 nitrogen and oxygen atoms in total. The van der Waals surface area contributed by atoms with Crippen molar-refractivity contribution < 1.29 is 9.84 Å². The zero-order valence-corrected chi connectivity index (χ0v) is 11.3. The molecule has 0 radical (unpaired) electrons. The molecule has 0 fully saturated rings. The van der Waals surface area contributed by atoms with E-state index >= 15 is 0 Å². The average Bonchev–Trinajstić information content (AvgIpc) is 2.87. The number of nitrogens with zero attached hydrogens (tertiary/aromatic N) is 3. The molecular formula is C14H19N3O2. The van der Waals surface area contributed by atoms with Crippen molar-refractivity contribution in [3.8, 4) is 5.75 Å². The number of ether oxygens (including phenoxy) is 1. The van der Waals surface area contributed by atoms with Crippen LogP contribution in [0.5, 0.6) is 5.75 Å². The van der Waals surface area contributed by atoms with Gasteiger partial charge in [-0.2, -0.15) is 5.10 Å². The third kappa shape index (κ3) is 3.12. The molecule has 19 heavy (non-hydrogen) atoms. The molecule has 102 valence electrons. The van der Waals surface area contributed by atoms with Crippen LogP contribution in [-0.4, -0.2) is 26.5 Å². The van der Waals surface area contributed by atoms with Gasteiger partial charge in [0, 0.05) is 24.5 Å². The predicted molar refractivity (Wildman–Crippen MR) is 72.0 cm³/mol. The van der Waals surface area contributed by atoms with Crippen molar-refractivity contribution in [2.45, 2.75) is 32.9 Å². The van der Waals surface area contributed by atoms with Gasteiger partial charge in [0.2, 0.25) is 0 Å². The highest BCUT2D eigenvalue weighted by Crippen LogP contribution is 2.24. The van der Waals surface area contributed by atoms with E-state index in [9.17, 15) is 5.11 Å². The first-order chi connectivity index (χ1) is 9.26. The lowest BCUT2D eigenvalue weighted by atomic mass is 10.1. The summed E-state index contributed by atoms with van der Waals surface area (Å²) in [4.78, 5) is 4.10. The summed E-state index contributed by atoms with van der Waals surface area (Å²) in [6.07, 6.45) is 5.23. The fourth-order valence-corrected chi connectivity index (χ4v) is 1.98. The number of rotatable bonds is 6. The van der Waals surface area contributed by atoms with Gasteiger partial charge in [0.15, 0.2) is 0 Å². The molecule has 2 aromatic heterocycles. The van der Waals surface area contributed by atoms with Gasteiger partial charge in [-0.15, -0.1) is 0 Å². The minimum Gasteiger partial charge on any atom is -0.492 e. The summed E-state index contributed by atoms with van der Waals surface area (Å²) in [5, 5.41) is 14.6. The Bertz CT molecular complexity index is 525. The maximum absolute atomic E-state index is 10.4. The highest BCUT2D eigenvalue weighted by Gasteiger charge is 2.16. The average molecular weight is 261 g/mol. The van der Waals surface area contributed by atoms with Crippen LogP contribution in [0, 0.1) is 0 Å². The maximum atomic E-state index is 10.4. The van der Waals surface area contributed by atoms with Crippen molar-refractivity contribution in [3.63, 3.8) is 0 Å². The molecule has 0 saturated heterocycles. The summed E-state index contributed by atoms with van der Waals surface area (Å²) in [5.74, 6) is 0.667. The second kappa shape index (κ2) is 6.33. The van der Waals surface area contributed by atoms with Crippen molar-refractivity contribution in [3.05, 3.63) is 42.0 Å². The Morgan fingerprint density at radius 1 is 1.37 bits per heavy atom. The molecule has 2 rings (SSSR count). The van der Waals surface area contributed by atoms with Gasteiger partial charge in [-0.1, -0.05) is 6.92 Å². The topological polar surface area (TPSA) is 60.2 Å². The van der Waals surface area contributed by atoms with E-state index in [0.29, 0.717) is 17.9 Å². The number of hydrogen-bond donors (Lipinski definition) is 1. The lowest BCUT2D eigenvalue weighted by molar-refractivity contribution is 0.206. The smallest absolute Gasteiger partial charge is 0.137 e. The number of pyridine rings is 1. The molecule has 5 heteroatoms. The van der Waals surface area contributed by atoms with E-state index in [1.54, 1.807) is 18.6 Å². The molecule has 1 N–H and O–H groups in total. The Labute approximate surface area is 112 Å². The zero-order chi connectivity index (χ0) is 13.7. The van der Waals surface area contributed by atoms with Crippen LogP contribution in [0.3, 0.4) is 0 Å². The van der Waals surface area contributed by atoms with E-state index in [1.165, 1.54) is 0 Å². The minimum atomic E-state index is -0.734. The molecule has 0 aliphatic heterocycles. The van der Waals surface area contributed by atoms with Crippen LogP contribution >= 0.6 is 0 Å². The van der Waals surface area contributed by atoms with Crippen molar-refractivity contribution in [1.29, 1.82) is 0 Å². The standard InChI is InChI=1S/C14H19N3O2/c1-3-7-17-13(5-6-16-17)14(18)11-8-12(19-4-2)10-15-9-11/h5-6,8-10,14,18H,3-4,7H2,1-2H3. The minimum absolute atomic E-state index is 0.578. The van der Waals surface area contributed by atoms with Gasteiger partial charge in [-0.3, -0.25) is 9.67 Å². The molecule has 2 aromatic rings. The van der Waals surface area contributed by atoms with E-state index in [1.807, 2.05) is 23.7 Å². The predicted octanol–water partition coefficient (Wildman–Crippen LogP) is 2.17. The third-order valence-corrected chi connectivity index (χ3v) is 2.83. The van der Waals surface area contributed by atoms with Gasteiger partial charge < -0.3 is 9.84 Å². The summed E-state index contributed by atoms with van der Waals surface area (Å²) < 4.78 is 7.21. The molecular weight excluding hydrogens is 242 g/mol. The zero-order valence-electron chi connectivity index (χ0n) is 11.3. The Balaban J connectivity index is 2.25. The number of aliphatic hydroxyl groups is 1. The Morgan fingerprint density at radius 3 is 2.95 bits per heavy atom. The van der Waals surface area contributed by atoms with Crippen LogP contribution in [0.25, 0.3) is 0 Å². The molecule has 1 unspecified atom stereocenters. The van der Waals surface area contributed by atoms with Crippen molar-refractivity contribution in [1.82, 2.24) is 14.8 Å². The fraction of sp³-hybridized carbons (Fsp3) is 0.429. The number of aryl methyl sites for hydroxylation is 1. The second-order valence-electron chi connectivity index (χ2n) is 4.27. The highest BCUT2D eigenvalue weighted by molar-refractivity contribution is 5.29. The molecule has 2 heterocycles. The van der Waals surface area contributed by atoms with Crippen LogP contribution in [0.1, 0.15) is 37.6 Å². The monoisotopic (exact) mass is 261 g/mol. The van der Waals surface area contributed by atoms with Crippen LogP contribution in [-0.2, 0) is 6.54 Å². The van der Waals surface area contributed by atoms with Crippen LogP contribution in [0.4, 0.5) is 0 Å². The van der Waals surface area contributed by atoms with Crippen molar-refractivity contribution in [2.75, 3.05) is 6.61 Å². The maximum Gasteiger partial charge on any atom is 0.137 e. The van der Waals surface area contributed by atoms with Crippen LogP contribution in [0.15, 0.2) is 30.7 Å². The molecule has 1 atom stereocenters. The normalized spacial score (nSPS) is 12.4. The van der Waals surface area contributed by atoms with Crippen molar-refractivity contribution >= 4 is 0 Å². The first kappa shape index (κ1) is 13.5. The highest BCUT2D eigenvalue weighted by atomic mass is 16.5.